The van der Waals surface area contributed by atoms with Gasteiger partial charge in [0, 0.05) is 0 Å². The average Bonchev–Trinajstić information content (AvgIpc) is 3.08. The molecule has 2 aliphatic rings. The van der Waals surface area contributed by atoms with Gasteiger partial charge in [0.1, 0.15) is 0 Å². The van der Waals surface area contributed by atoms with Gasteiger partial charge in [0.15, 0.2) is 0 Å². The van der Waals surface area contributed by atoms with Crippen molar-refractivity contribution in [3.05, 3.63) is 42.0 Å². The maximum atomic E-state index is 12.4. The van der Waals surface area contributed by atoms with Crippen molar-refractivity contribution in [1.82, 2.24) is 5.32 Å². The van der Waals surface area contributed by atoms with Crippen LogP contribution in [0.1, 0.15) is 31.7 Å². The number of rotatable bonds is 4. The number of nitrogens with one attached hydrogen (secondary N) is 1. The van der Waals surface area contributed by atoms with E-state index in [0.29, 0.717) is 19.3 Å². The molecule has 1 spiro atoms. The number of amides is 1. The molecular weight excluding hydrogens is 314 g/mol. The maximum absolute atomic E-state index is 12.4. The standard InChI is InChI=1S/C17H21NO4S/c1-12-5-7-14(8-6-12)23(20,21)22-13(2)15-11-17(16(19)18-15)9-3-4-10-17/h3-8,13,15H,9-11H2,1-2H3,(H,18,19). The van der Waals surface area contributed by atoms with Crippen LogP contribution in [0, 0.1) is 12.3 Å². The molecule has 1 amide bonds. The van der Waals surface area contributed by atoms with Crippen molar-refractivity contribution < 1.29 is 17.4 Å². The minimum absolute atomic E-state index is 0.00400. The average molecular weight is 335 g/mol. The Balaban J connectivity index is 1.71. The fourth-order valence-electron chi connectivity index (χ4n) is 3.25. The van der Waals surface area contributed by atoms with Crippen LogP contribution in [-0.4, -0.2) is 26.5 Å². The minimum Gasteiger partial charge on any atom is -0.350 e. The van der Waals surface area contributed by atoms with E-state index in [4.69, 9.17) is 4.18 Å². The van der Waals surface area contributed by atoms with Crippen molar-refractivity contribution in [2.45, 2.75) is 50.2 Å². The van der Waals surface area contributed by atoms with Gasteiger partial charge in [-0.3, -0.25) is 8.98 Å². The molecule has 5 nitrogen and oxygen atoms in total. The summed E-state index contributed by atoms with van der Waals surface area (Å²) in [6.45, 7) is 3.58. The fourth-order valence-corrected chi connectivity index (χ4v) is 4.36. The van der Waals surface area contributed by atoms with E-state index >= 15 is 0 Å². The van der Waals surface area contributed by atoms with Crippen molar-refractivity contribution in [2.24, 2.45) is 5.41 Å². The van der Waals surface area contributed by atoms with Gasteiger partial charge >= 0.3 is 0 Å². The van der Waals surface area contributed by atoms with Crippen molar-refractivity contribution >= 4 is 16.0 Å². The molecule has 0 bridgehead atoms. The molecule has 1 fully saturated rings. The van der Waals surface area contributed by atoms with Crippen LogP contribution in [-0.2, 0) is 19.1 Å². The molecule has 124 valence electrons. The summed E-state index contributed by atoms with van der Waals surface area (Å²) < 4.78 is 30.1. The third kappa shape index (κ3) is 3.05. The predicted octanol–water partition coefficient (Wildman–Crippen LogP) is 2.31. The third-order valence-electron chi connectivity index (χ3n) is 4.75. The van der Waals surface area contributed by atoms with Crippen LogP contribution in [0.4, 0.5) is 0 Å². The third-order valence-corrected chi connectivity index (χ3v) is 6.15. The molecular formula is C17H21NO4S. The fraction of sp³-hybridized carbons (Fsp3) is 0.471. The SMILES string of the molecule is Cc1ccc(S(=O)(=O)OC(C)C2CC3(CC=CC3)C(=O)N2)cc1. The van der Waals surface area contributed by atoms with Crippen LogP contribution < -0.4 is 5.32 Å². The highest BCUT2D eigenvalue weighted by Gasteiger charge is 2.48. The molecule has 1 heterocycles. The van der Waals surface area contributed by atoms with Crippen LogP contribution in [0.2, 0.25) is 0 Å². The Hall–Kier alpha value is -1.66. The first-order chi connectivity index (χ1) is 10.8. The van der Waals surface area contributed by atoms with Gasteiger partial charge in [-0.15, -0.1) is 0 Å². The zero-order valence-electron chi connectivity index (χ0n) is 13.3. The van der Waals surface area contributed by atoms with Crippen LogP contribution in [0.25, 0.3) is 0 Å². The van der Waals surface area contributed by atoms with Gasteiger partial charge < -0.3 is 5.32 Å². The highest BCUT2D eigenvalue weighted by Crippen LogP contribution is 2.42. The summed E-state index contributed by atoms with van der Waals surface area (Å²) in [6.07, 6.45) is 5.45. The molecule has 2 atom stereocenters. The number of carbonyl (C=O) groups is 1. The van der Waals surface area contributed by atoms with Crippen LogP contribution in [0.3, 0.4) is 0 Å². The van der Waals surface area contributed by atoms with Crippen LogP contribution in [0.15, 0.2) is 41.3 Å². The van der Waals surface area contributed by atoms with Gasteiger partial charge in [0.2, 0.25) is 5.91 Å². The number of aryl methyl sites for hydroxylation is 1. The van der Waals surface area contributed by atoms with Crippen molar-refractivity contribution in [3.63, 3.8) is 0 Å². The predicted molar refractivity (Wildman–Crippen MR) is 86.3 cm³/mol. The second-order valence-electron chi connectivity index (χ2n) is 6.51. The molecule has 0 aromatic heterocycles. The lowest BCUT2D eigenvalue weighted by atomic mass is 9.82. The second kappa shape index (κ2) is 5.76. The Kier molecular flexibility index (Phi) is 4.06. The summed E-state index contributed by atoms with van der Waals surface area (Å²) in [5.74, 6) is -0.00400. The molecule has 3 rings (SSSR count). The first-order valence-corrected chi connectivity index (χ1v) is 9.19. The first-order valence-electron chi connectivity index (χ1n) is 7.78. The zero-order valence-corrected chi connectivity index (χ0v) is 14.1. The normalized spacial score (nSPS) is 24.1. The molecule has 1 aromatic carbocycles. The number of hydrogen-bond acceptors (Lipinski definition) is 4. The highest BCUT2D eigenvalue weighted by molar-refractivity contribution is 7.86. The van der Waals surface area contributed by atoms with Gasteiger partial charge in [-0.25, -0.2) is 0 Å². The molecule has 6 heteroatoms. The van der Waals surface area contributed by atoms with Crippen LogP contribution in [0.5, 0.6) is 0 Å². The van der Waals surface area contributed by atoms with E-state index in [9.17, 15) is 13.2 Å². The summed E-state index contributed by atoms with van der Waals surface area (Å²) in [5, 5.41) is 2.90. The number of benzene rings is 1. The Morgan fingerprint density at radius 1 is 1.22 bits per heavy atom. The summed E-state index contributed by atoms with van der Waals surface area (Å²) in [6, 6.07) is 6.25. The Labute approximate surface area is 136 Å². The van der Waals surface area contributed by atoms with E-state index in [0.717, 1.165) is 5.56 Å². The summed E-state index contributed by atoms with van der Waals surface area (Å²) in [7, 11) is -3.83. The van der Waals surface area contributed by atoms with E-state index in [2.05, 4.69) is 5.32 Å². The number of carbonyl (C=O) groups excluding carboxylic acids is 1. The van der Waals surface area contributed by atoms with Gasteiger partial charge in [-0.1, -0.05) is 29.8 Å². The molecule has 23 heavy (non-hydrogen) atoms. The van der Waals surface area contributed by atoms with Crippen molar-refractivity contribution in [2.75, 3.05) is 0 Å². The Morgan fingerprint density at radius 2 is 1.83 bits per heavy atom. The smallest absolute Gasteiger partial charge is 0.297 e. The van der Waals surface area contributed by atoms with Gasteiger partial charge in [0.05, 0.1) is 22.5 Å². The topological polar surface area (TPSA) is 72.5 Å². The van der Waals surface area contributed by atoms with Crippen molar-refractivity contribution in [3.8, 4) is 0 Å². The Bertz CT molecular complexity index is 728. The summed E-state index contributed by atoms with van der Waals surface area (Å²) in [5.41, 5.74) is 0.575. The summed E-state index contributed by atoms with van der Waals surface area (Å²) >= 11 is 0. The largest absolute Gasteiger partial charge is 0.350 e. The van der Waals surface area contributed by atoms with Gasteiger partial charge in [-0.2, -0.15) is 8.42 Å². The second-order valence-corrected chi connectivity index (χ2v) is 8.08. The Morgan fingerprint density at radius 3 is 2.43 bits per heavy atom. The van der Waals surface area contributed by atoms with E-state index in [1.54, 1.807) is 19.1 Å². The molecule has 1 N–H and O–H groups in total. The molecule has 1 aliphatic heterocycles. The quantitative estimate of drug-likeness (QED) is 0.677. The minimum atomic E-state index is -3.83. The number of allylic oxidation sites excluding steroid dienone is 2. The van der Waals surface area contributed by atoms with E-state index < -0.39 is 21.6 Å². The monoisotopic (exact) mass is 335 g/mol. The van der Waals surface area contributed by atoms with Gasteiger partial charge in [0.25, 0.3) is 10.1 Å². The summed E-state index contributed by atoms with van der Waals surface area (Å²) in [4.78, 5) is 12.4. The van der Waals surface area contributed by atoms with Crippen molar-refractivity contribution in [1.29, 1.82) is 0 Å². The molecule has 1 saturated heterocycles. The molecule has 1 aromatic rings. The molecule has 1 aliphatic carbocycles. The molecule has 2 unspecified atom stereocenters. The maximum Gasteiger partial charge on any atom is 0.297 e. The lowest BCUT2D eigenvalue weighted by molar-refractivity contribution is -0.127. The zero-order chi connectivity index (χ0) is 16.7. The van der Waals surface area contributed by atoms with E-state index in [1.807, 2.05) is 19.1 Å². The highest BCUT2D eigenvalue weighted by atomic mass is 32.2. The molecule has 0 radical (unpaired) electrons. The van der Waals surface area contributed by atoms with Gasteiger partial charge in [-0.05, 0) is 45.2 Å². The van der Waals surface area contributed by atoms with Crippen LogP contribution >= 0.6 is 0 Å². The lowest BCUT2D eigenvalue weighted by Crippen LogP contribution is -2.38. The molecule has 0 saturated carbocycles. The first kappa shape index (κ1) is 16.2. The van der Waals surface area contributed by atoms with E-state index in [-0.39, 0.29) is 16.8 Å². The number of hydrogen-bond donors (Lipinski definition) is 1. The van der Waals surface area contributed by atoms with E-state index in [1.165, 1.54) is 12.1 Å². The lowest BCUT2D eigenvalue weighted by Gasteiger charge is -2.21.